The molecule has 1 nitrogen and oxygen atoms in total. The molecule has 0 spiro atoms. The predicted molar refractivity (Wildman–Crippen MR) is 70.6 cm³/mol. The zero-order chi connectivity index (χ0) is 11.4. The molecule has 0 radical (unpaired) electrons. The number of rotatable bonds is 3. The molecule has 94 valence electrons. The predicted octanol–water partition coefficient (Wildman–Crippen LogP) is 4.13. The summed E-state index contributed by atoms with van der Waals surface area (Å²) in [6, 6.07) is 0.811. The van der Waals surface area contributed by atoms with Crippen molar-refractivity contribution in [1.29, 1.82) is 0 Å². The second-order valence-corrected chi connectivity index (χ2v) is 6.87. The van der Waals surface area contributed by atoms with Crippen molar-refractivity contribution in [2.75, 3.05) is 6.54 Å². The van der Waals surface area contributed by atoms with Gasteiger partial charge in [-0.05, 0) is 50.0 Å². The monoisotopic (exact) mass is 223 g/mol. The smallest absolute Gasteiger partial charge is 0.00722 e. The highest BCUT2D eigenvalue weighted by molar-refractivity contribution is 4.84. The first kappa shape index (κ1) is 12.4. The van der Waals surface area contributed by atoms with E-state index >= 15 is 0 Å². The molecule has 1 heteroatoms. The lowest BCUT2D eigenvalue weighted by atomic mass is 9.75. The van der Waals surface area contributed by atoms with Crippen LogP contribution in [0.5, 0.6) is 0 Å². The third kappa shape index (κ3) is 3.76. The van der Waals surface area contributed by atoms with Crippen molar-refractivity contribution in [3.63, 3.8) is 0 Å². The van der Waals surface area contributed by atoms with E-state index in [0.29, 0.717) is 5.41 Å². The van der Waals surface area contributed by atoms with Crippen LogP contribution in [-0.4, -0.2) is 12.6 Å². The lowest BCUT2D eigenvalue weighted by Gasteiger charge is -2.36. The van der Waals surface area contributed by atoms with Crippen LogP contribution in [0.4, 0.5) is 0 Å². The first-order valence-electron chi connectivity index (χ1n) is 7.39. The summed E-state index contributed by atoms with van der Waals surface area (Å²) in [5, 5.41) is 3.85. The van der Waals surface area contributed by atoms with E-state index < -0.39 is 0 Å². The molecule has 1 N–H and O–H groups in total. The molecule has 2 saturated carbocycles. The van der Waals surface area contributed by atoms with Gasteiger partial charge in [0.15, 0.2) is 0 Å². The van der Waals surface area contributed by atoms with Gasteiger partial charge in [-0.1, -0.05) is 39.5 Å². The van der Waals surface area contributed by atoms with Gasteiger partial charge in [0, 0.05) is 6.04 Å². The van der Waals surface area contributed by atoms with Crippen LogP contribution < -0.4 is 5.32 Å². The summed E-state index contributed by atoms with van der Waals surface area (Å²) in [5.74, 6) is 0.985. The van der Waals surface area contributed by atoms with Gasteiger partial charge in [0.25, 0.3) is 0 Å². The first-order valence-corrected chi connectivity index (χ1v) is 7.39. The standard InChI is InChI=1S/C15H29N/c1-15(2)10-6-9-14(11-15)16-12-13-7-4-3-5-8-13/h13-14,16H,3-12H2,1-2H3. The highest BCUT2D eigenvalue weighted by atomic mass is 14.9. The Morgan fingerprint density at radius 3 is 2.44 bits per heavy atom. The molecule has 0 heterocycles. The number of nitrogens with one attached hydrogen (secondary N) is 1. The SMILES string of the molecule is CC1(C)CCCC(NCC2CCCCC2)C1. The maximum absolute atomic E-state index is 3.85. The van der Waals surface area contributed by atoms with Crippen molar-refractivity contribution in [3.05, 3.63) is 0 Å². The van der Waals surface area contributed by atoms with Crippen molar-refractivity contribution in [2.24, 2.45) is 11.3 Å². The normalized spacial score (nSPS) is 31.5. The van der Waals surface area contributed by atoms with Crippen LogP contribution in [0.1, 0.15) is 71.6 Å². The van der Waals surface area contributed by atoms with Gasteiger partial charge in [0.05, 0.1) is 0 Å². The van der Waals surface area contributed by atoms with Crippen LogP contribution in [0, 0.1) is 11.3 Å². The van der Waals surface area contributed by atoms with E-state index in [9.17, 15) is 0 Å². The summed E-state index contributed by atoms with van der Waals surface area (Å²) in [5.41, 5.74) is 0.586. The van der Waals surface area contributed by atoms with E-state index in [1.54, 1.807) is 0 Å². The molecule has 16 heavy (non-hydrogen) atoms. The van der Waals surface area contributed by atoms with Crippen molar-refractivity contribution in [3.8, 4) is 0 Å². The van der Waals surface area contributed by atoms with Crippen molar-refractivity contribution < 1.29 is 0 Å². The Labute approximate surface area is 101 Å². The molecule has 1 atom stereocenters. The second kappa shape index (κ2) is 5.53. The lowest BCUT2D eigenvalue weighted by Crippen LogP contribution is -2.39. The average Bonchev–Trinajstić information content (AvgIpc) is 2.27. The summed E-state index contributed by atoms with van der Waals surface area (Å²) in [6.07, 6.45) is 13.0. The van der Waals surface area contributed by atoms with E-state index in [1.807, 2.05) is 0 Å². The van der Waals surface area contributed by atoms with Crippen LogP contribution in [0.3, 0.4) is 0 Å². The Morgan fingerprint density at radius 1 is 1.00 bits per heavy atom. The maximum Gasteiger partial charge on any atom is 0.00722 e. The molecule has 2 rings (SSSR count). The van der Waals surface area contributed by atoms with Gasteiger partial charge >= 0.3 is 0 Å². The number of hydrogen-bond donors (Lipinski definition) is 1. The second-order valence-electron chi connectivity index (χ2n) is 6.87. The van der Waals surface area contributed by atoms with Gasteiger partial charge in [-0.25, -0.2) is 0 Å². The summed E-state index contributed by atoms with van der Waals surface area (Å²) in [7, 11) is 0. The zero-order valence-corrected chi connectivity index (χ0v) is 11.2. The topological polar surface area (TPSA) is 12.0 Å². The van der Waals surface area contributed by atoms with Gasteiger partial charge in [0.1, 0.15) is 0 Å². The fourth-order valence-electron chi connectivity index (χ4n) is 3.60. The fraction of sp³-hybridized carbons (Fsp3) is 1.00. The Balaban J connectivity index is 1.68. The van der Waals surface area contributed by atoms with Gasteiger partial charge in [-0.15, -0.1) is 0 Å². The Morgan fingerprint density at radius 2 is 1.75 bits per heavy atom. The minimum Gasteiger partial charge on any atom is -0.314 e. The summed E-state index contributed by atoms with van der Waals surface area (Å²) in [4.78, 5) is 0. The molecule has 0 aromatic carbocycles. The third-order valence-corrected chi connectivity index (χ3v) is 4.63. The molecule has 2 aliphatic rings. The fourth-order valence-corrected chi connectivity index (χ4v) is 3.60. The van der Waals surface area contributed by atoms with Gasteiger partial charge in [-0.2, -0.15) is 0 Å². The van der Waals surface area contributed by atoms with E-state index in [-0.39, 0.29) is 0 Å². The van der Waals surface area contributed by atoms with Gasteiger partial charge in [-0.3, -0.25) is 0 Å². The number of hydrogen-bond acceptors (Lipinski definition) is 1. The quantitative estimate of drug-likeness (QED) is 0.758. The van der Waals surface area contributed by atoms with E-state index in [4.69, 9.17) is 0 Å². The first-order chi connectivity index (χ1) is 7.66. The highest BCUT2D eigenvalue weighted by Crippen LogP contribution is 2.35. The summed E-state index contributed by atoms with van der Waals surface area (Å²) >= 11 is 0. The van der Waals surface area contributed by atoms with E-state index in [1.165, 1.54) is 64.3 Å². The van der Waals surface area contributed by atoms with E-state index in [2.05, 4.69) is 19.2 Å². The van der Waals surface area contributed by atoms with Crippen LogP contribution in [0.15, 0.2) is 0 Å². The molecule has 0 aromatic rings. The molecule has 0 aromatic heterocycles. The largest absolute Gasteiger partial charge is 0.314 e. The average molecular weight is 223 g/mol. The summed E-state index contributed by atoms with van der Waals surface area (Å²) < 4.78 is 0. The molecular weight excluding hydrogens is 194 g/mol. The molecule has 2 fully saturated rings. The highest BCUT2D eigenvalue weighted by Gasteiger charge is 2.28. The molecular formula is C15H29N. The summed E-state index contributed by atoms with van der Waals surface area (Å²) in [6.45, 7) is 6.16. The van der Waals surface area contributed by atoms with Crippen LogP contribution >= 0.6 is 0 Å². The van der Waals surface area contributed by atoms with E-state index in [0.717, 1.165) is 12.0 Å². The molecule has 2 aliphatic carbocycles. The molecule has 0 saturated heterocycles. The Bertz CT molecular complexity index is 203. The molecule has 0 bridgehead atoms. The van der Waals surface area contributed by atoms with Gasteiger partial charge in [0.2, 0.25) is 0 Å². The van der Waals surface area contributed by atoms with Crippen molar-refractivity contribution in [1.82, 2.24) is 5.32 Å². The van der Waals surface area contributed by atoms with Crippen molar-refractivity contribution >= 4 is 0 Å². The zero-order valence-electron chi connectivity index (χ0n) is 11.2. The van der Waals surface area contributed by atoms with Gasteiger partial charge < -0.3 is 5.32 Å². The Kier molecular flexibility index (Phi) is 4.29. The third-order valence-electron chi connectivity index (χ3n) is 4.63. The molecule has 0 aliphatic heterocycles. The minimum atomic E-state index is 0.586. The maximum atomic E-state index is 3.85. The Hall–Kier alpha value is -0.0400. The minimum absolute atomic E-state index is 0.586. The lowest BCUT2D eigenvalue weighted by molar-refractivity contribution is 0.190. The van der Waals surface area contributed by atoms with Crippen LogP contribution in [0.2, 0.25) is 0 Å². The van der Waals surface area contributed by atoms with Crippen LogP contribution in [-0.2, 0) is 0 Å². The molecule has 0 amide bonds. The van der Waals surface area contributed by atoms with Crippen molar-refractivity contribution in [2.45, 2.75) is 77.7 Å². The molecule has 1 unspecified atom stereocenters. The van der Waals surface area contributed by atoms with Crippen LogP contribution in [0.25, 0.3) is 0 Å².